The summed E-state index contributed by atoms with van der Waals surface area (Å²) < 4.78 is 0. The van der Waals surface area contributed by atoms with Crippen molar-refractivity contribution in [1.82, 2.24) is 0 Å². The van der Waals surface area contributed by atoms with Crippen molar-refractivity contribution in [2.45, 2.75) is 11.8 Å². The monoisotopic (exact) mass is 137 g/mol. The molecular formula is C8H9S. The van der Waals surface area contributed by atoms with Crippen molar-refractivity contribution in [2.75, 3.05) is 6.26 Å². The molecule has 1 aromatic rings. The zero-order valence-corrected chi connectivity index (χ0v) is 6.46. The second-order valence-corrected chi connectivity index (χ2v) is 2.75. The van der Waals surface area contributed by atoms with Crippen LogP contribution in [0.1, 0.15) is 5.56 Å². The second kappa shape index (κ2) is 2.92. The first-order valence-electron chi connectivity index (χ1n) is 2.86. The third kappa shape index (κ3) is 1.75. The maximum absolute atomic E-state index is 3.22. The molecule has 0 bridgehead atoms. The first kappa shape index (κ1) is 6.69. The third-order valence-corrected chi connectivity index (χ3v) is 1.81. The second-order valence-electron chi connectivity index (χ2n) is 1.90. The summed E-state index contributed by atoms with van der Waals surface area (Å²) in [5.74, 6) is 0. The van der Waals surface area contributed by atoms with E-state index in [9.17, 15) is 0 Å². The van der Waals surface area contributed by atoms with Gasteiger partial charge in [-0.25, -0.2) is 0 Å². The number of rotatable bonds is 1. The fourth-order valence-corrected chi connectivity index (χ4v) is 1.15. The molecule has 0 saturated heterocycles. The normalized spacial score (nSPS) is 9.56. The number of benzene rings is 1. The molecule has 0 nitrogen and oxygen atoms in total. The van der Waals surface area contributed by atoms with Gasteiger partial charge in [0.15, 0.2) is 0 Å². The van der Waals surface area contributed by atoms with E-state index in [0.29, 0.717) is 0 Å². The molecule has 1 rings (SSSR count). The minimum absolute atomic E-state index is 1.21. The highest BCUT2D eigenvalue weighted by Crippen LogP contribution is 2.13. The molecule has 1 heteroatoms. The van der Waals surface area contributed by atoms with E-state index in [1.807, 2.05) is 0 Å². The lowest BCUT2D eigenvalue weighted by Crippen LogP contribution is -1.72. The Bertz CT molecular complexity index is 194. The summed E-state index contributed by atoms with van der Waals surface area (Å²) in [7, 11) is 0. The van der Waals surface area contributed by atoms with Crippen molar-refractivity contribution < 1.29 is 0 Å². The molecule has 9 heavy (non-hydrogen) atoms. The summed E-state index contributed by atoms with van der Waals surface area (Å²) in [5.41, 5.74) is 1.21. The Labute approximate surface area is 60.3 Å². The van der Waals surface area contributed by atoms with Gasteiger partial charge in [0.05, 0.1) is 0 Å². The van der Waals surface area contributed by atoms with Crippen LogP contribution >= 0.6 is 11.8 Å². The Balaban J connectivity index is 2.94. The number of hydrogen-bond acceptors (Lipinski definition) is 1. The Morgan fingerprint density at radius 3 is 2.67 bits per heavy atom. The Kier molecular flexibility index (Phi) is 2.17. The van der Waals surface area contributed by atoms with Gasteiger partial charge in [0.2, 0.25) is 0 Å². The fraction of sp³-hybridized carbons (Fsp3) is 0.250. The summed E-state index contributed by atoms with van der Waals surface area (Å²) in [6, 6.07) is 9.40. The first-order valence-corrected chi connectivity index (χ1v) is 4.08. The van der Waals surface area contributed by atoms with Gasteiger partial charge in [0, 0.05) is 4.90 Å². The molecule has 0 atom stereocenters. The van der Waals surface area contributed by atoms with E-state index in [1.165, 1.54) is 10.5 Å². The standard InChI is InChI=1S/C8H9S/c1-7-4-3-5-8(6-7)9-2/h3-5H,1-2H3. The summed E-state index contributed by atoms with van der Waals surface area (Å²) in [6.45, 7) is 2.06. The van der Waals surface area contributed by atoms with E-state index < -0.39 is 0 Å². The van der Waals surface area contributed by atoms with Crippen LogP contribution in [0.2, 0.25) is 0 Å². The average molecular weight is 137 g/mol. The predicted molar refractivity (Wildman–Crippen MR) is 41.8 cm³/mol. The zero-order valence-electron chi connectivity index (χ0n) is 5.64. The van der Waals surface area contributed by atoms with Crippen LogP contribution in [0.4, 0.5) is 0 Å². The van der Waals surface area contributed by atoms with Gasteiger partial charge in [-0.05, 0) is 30.9 Å². The zero-order chi connectivity index (χ0) is 6.69. The molecule has 0 unspecified atom stereocenters. The quantitative estimate of drug-likeness (QED) is 0.536. The molecule has 1 aromatic carbocycles. The van der Waals surface area contributed by atoms with Gasteiger partial charge in [-0.1, -0.05) is 12.1 Å². The maximum Gasteiger partial charge on any atom is 0.0151 e. The van der Waals surface area contributed by atoms with Crippen molar-refractivity contribution >= 4 is 11.8 Å². The lowest BCUT2D eigenvalue weighted by molar-refractivity contribution is 1.35. The van der Waals surface area contributed by atoms with Crippen LogP contribution in [0.15, 0.2) is 23.1 Å². The van der Waals surface area contributed by atoms with Crippen LogP contribution in [0.5, 0.6) is 0 Å². The minimum Gasteiger partial charge on any atom is -0.129 e. The number of hydrogen-bond donors (Lipinski definition) is 0. The molecule has 1 radical (unpaired) electrons. The van der Waals surface area contributed by atoms with Gasteiger partial charge in [-0.15, -0.1) is 11.8 Å². The largest absolute Gasteiger partial charge is 0.129 e. The van der Waals surface area contributed by atoms with Crippen molar-refractivity contribution in [2.24, 2.45) is 0 Å². The van der Waals surface area contributed by atoms with Gasteiger partial charge < -0.3 is 0 Å². The molecule has 0 heterocycles. The van der Waals surface area contributed by atoms with Crippen LogP contribution in [0.3, 0.4) is 0 Å². The molecule has 0 N–H and O–H groups in total. The molecule has 0 saturated carbocycles. The van der Waals surface area contributed by atoms with E-state index in [-0.39, 0.29) is 0 Å². The Morgan fingerprint density at radius 1 is 1.44 bits per heavy atom. The molecular weight excluding hydrogens is 128 g/mol. The van der Waals surface area contributed by atoms with Crippen molar-refractivity contribution in [1.29, 1.82) is 0 Å². The molecule has 0 fully saturated rings. The minimum atomic E-state index is 1.21. The van der Waals surface area contributed by atoms with E-state index >= 15 is 0 Å². The molecule has 0 aliphatic rings. The van der Waals surface area contributed by atoms with Crippen LogP contribution in [0, 0.1) is 13.0 Å². The molecule has 47 valence electrons. The highest BCUT2D eigenvalue weighted by molar-refractivity contribution is 7.98. The molecule has 0 spiro atoms. The average Bonchev–Trinajstić information content (AvgIpc) is 1.88. The maximum atomic E-state index is 3.22. The summed E-state index contributed by atoms with van der Waals surface area (Å²) in [5, 5.41) is 0. The van der Waals surface area contributed by atoms with Crippen LogP contribution in [-0.2, 0) is 0 Å². The Hall–Kier alpha value is -0.430. The van der Waals surface area contributed by atoms with E-state index in [1.54, 1.807) is 11.8 Å². The molecule has 0 aromatic heterocycles. The van der Waals surface area contributed by atoms with Crippen molar-refractivity contribution in [3.05, 3.63) is 29.8 Å². The van der Waals surface area contributed by atoms with Gasteiger partial charge in [0.1, 0.15) is 0 Å². The topological polar surface area (TPSA) is 0 Å². The van der Waals surface area contributed by atoms with Crippen molar-refractivity contribution in [3.63, 3.8) is 0 Å². The summed E-state index contributed by atoms with van der Waals surface area (Å²) >= 11 is 1.73. The van der Waals surface area contributed by atoms with Crippen LogP contribution in [-0.4, -0.2) is 6.26 Å². The van der Waals surface area contributed by atoms with Crippen molar-refractivity contribution in [3.8, 4) is 0 Å². The lowest BCUT2D eigenvalue weighted by atomic mass is 10.2. The van der Waals surface area contributed by atoms with E-state index in [4.69, 9.17) is 0 Å². The predicted octanol–water partition coefficient (Wildman–Crippen LogP) is 2.52. The summed E-state index contributed by atoms with van der Waals surface area (Å²) in [6.07, 6.45) is 2.06. The van der Waals surface area contributed by atoms with Gasteiger partial charge in [-0.2, -0.15) is 0 Å². The lowest BCUT2D eigenvalue weighted by Gasteiger charge is -1.93. The molecule has 0 aliphatic carbocycles. The SMILES string of the molecule is CSc1[c]c(C)ccc1. The van der Waals surface area contributed by atoms with Gasteiger partial charge >= 0.3 is 0 Å². The molecule has 0 aliphatic heterocycles. The van der Waals surface area contributed by atoms with Gasteiger partial charge in [-0.3, -0.25) is 0 Å². The Morgan fingerprint density at radius 2 is 2.22 bits per heavy atom. The van der Waals surface area contributed by atoms with Crippen LogP contribution in [0.25, 0.3) is 0 Å². The first-order chi connectivity index (χ1) is 4.33. The fourth-order valence-electron chi connectivity index (χ4n) is 0.677. The summed E-state index contributed by atoms with van der Waals surface area (Å²) in [4.78, 5) is 1.22. The number of thioether (sulfide) groups is 1. The number of aryl methyl sites for hydroxylation is 1. The van der Waals surface area contributed by atoms with E-state index in [2.05, 4.69) is 37.4 Å². The van der Waals surface area contributed by atoms with E-state index in [0.717, 1.165) is 0 Å². The highest BCUT2D eigenvalue weighted by Gasteiger charge is 1.87. The highest BCUT2D eigenvalue weighted by atomic mass is 32.2. The van der Waals surface area contributed by atoms with Crippen LogP contribution < -0.4 is 0 Å². The smallest absolute Gasteiger partial charge is 0.0151 e. The van der Waals surface area contributed by atoms with Gasteiger partial charge in [0.25, 0.3) is 0 Å². The third-order valence-electron chi connectivity index (χ3n) is 1.13. The molecule has 0 amide bonds.